The van der Waals surface area contributed by atoms with E-state index in [1.807, 2.05) is 36.4 Å². The molecule has 1 heterocycles. The van der Waals surface area contributed by atoms with Crippen molar-refractivity contribution in [2.24, 2.45) is 5.73 Å². The molecule has 2 aromatic rings. The fraction of sp³-hybridized carbons (Fsp3) is 0.486. The van der Waals surface area contributed by atoms with Gasteiger partial charge in [-0.25, -0.2) is 17.7 Å². The van der Waals surface area contributed by atoms with Crippen molar-refractivity contribution in [3.63, 3.8) is 0 Å². The summed E-state index contributed by atoms with van der Waals surface area (Å²) in [5.41, 5.74) is 8.30. The maximum Gasteiger partial charge on any atom is 0.295 e. The SMILES string of the molecule is CCN(CC)c1ccc2c(-c3ccc(S(=O)(=O)NCCCNCCCCNCCCN)cc3S(=O)(=O)O)c3ccc(=[N+](CC)CC)cc-3oc2c1. The predicted octanol–water partition coefficient (Wildman–Crippen LogP) is 4.09. The molecule has 2 aliphatic rings. The van der Waals surface area contributed by atoms with Crippen LogP contribution in [0, 0.1) is 0 Å². The lowest BCUT2D eigenvalue weighted by Gasteiger charge is -2.22. The van der Waals surface area contributed by atoms with Gasteiger partial charge in [0.05, 0.1) is 11.0 Å². The fourth-order valence-corrected chi connectivity index (χ4v) is 8.20. The molecular weight excluding hydrogens is 689 g/mol. The van der Waals surface area contributed by atoms with E-state index in [0.717, 1.165) is 82.2 Å². The van der Waals surface area contributed by atoms with E-state index >= 15 is 0 Å². The van der Waals surface area contributed by atoms with Gasteiger partial charge in [-0.3, -0.25) is 4.55 Å². The summed E-state index contributed by atoms with van der Waals surface area (Å²) >= 11 is 0. The van der Waals surface area contributed by atoms with Crippen molar-refractivity contribution in [1.29, 1.82) is 0 Å². The number of benzene rings is 3. The smallest absolute Gasteiger partial charge is 0.295 e. The number of nitrogens with one attached hydrogen (secondary N) is 3. The number of sulfonamides is 1. The molecule has 0 amide bonds. The van der Waals surface area contributed by atoms with Gasteiger partial charge in [-0.05, 0) is 116 Å². The average Bonchev–Trinajstić information content (AvgIpc) is 3.11. The van der Waals surface area contributed by atoms with Crippen molar-refractivity contribution in [3.05, 3.63) is 60.0 Å². The van der Waals surface area contributed by atoms with Crippen LogP contribution in [0.4, 0.5) is 5.69 Å². The second kappa shape index (κ2) is 18.9. The van der Waals surface area contributed by atoms with Crippen LogP contribution >= 0.6 is 0 Å². The van der Waals surface area contributed by atoms with Crippen molar-refractivity contribution in [3.8, 4) is 22.5 Å². The number of fused-ring (bicyclic) bond motifs is 2. The highest BCUT2D eigenvalue weighted by atomic mass is 32.2. The minimum Gasteiger partial charge on any atom is -0.456 e. The second-order valence-corrected chi connectivity index (χ2v) is 15.6. The molecule has 1 aliphatic carbocycles. The third-order valence-corrected chi connectivity index (χ3v) is 11.4. The molecule has 12 nitrogen and oxygen atoms in total. The first-order valence-corrected chi connectivity index (χ1v) is 21.0. The van der Waals surface area contributed by atoms with E-state index in [0.29, 0.717) is 47.4 Å². The van der Waals surface area contributed by atoms with Crippen molar-refractivity contribution < 1.29 is 25.8 Å². The van der Waals surface area contributed by atoms with E-state index in [1.165, 1.54) is 12.1 Å². The maximum atomic E-state index is 13.3. The monoisotopic (exact) mass is 743 g/mol. The van der Waals surface area contributed by atoms with Gasteiger partial charge in [-0.15, -0.1) is 0 Å². The Morgan fingerprint density at radius 2 is 1.41 bits per heavy atom. The van der Waals surface area contributed by atoms with Gasteiger partial charge in [-0.1, -0.05) is 6.07 Å². The lowest BCUT2D eigenvalue weighted by Crippen LogP contribution is -2.29. The van der Waals surface area contributed by atoms with E-state index in [9.17, 15) is 21.4 Å². The van der Waals surface area contributed by atoms with Crippen molar-refractivity contribution >= 4 is 36.8 Å². The molecular formula is C37H55N6O6S2+. The molecule has 280 valence electrons. The van der Waals surface area contributed by atoms with Gasteiger partial charge >= 0.3 is 0 Å². The molecule has 0 aromatic heterocycles. The first-order chi connectivity index (χ1) is 24.5. The van der Waals surface area contributed by atoms with Gasteiger partial charge in [-0.2, -0.15) is 8.42 Å². The van der Waals surface area contributed by atoms with Crippen LogP contribution in [0.15, 0.2) is 68.8 Å². The molecule has 0 fully saturated rings. The lowest BCUT2D eigenvalue weighted by molar-refractivity contribution is 0.483. The molecule has 0 radical (unpaired) electrons. The summed E-state index contributed by atoms with van der Waals surface area (Å²) in [6.45, 7) is 15.6. The zero-order valence-electron chi connectivity index (χ0n) is 30.4. The summed E-state index contributed by atoms with van der Waals surface area (Å²) in [4.78, 5) is 1.43. The van der Waals surface area contributed by atoms with Gasteiger partial charge in [0.25, 0.3) is 10.1 Å². The van der Waals surface area contributed by atoms with Gasteiger partial charge in [0.2, 0.25) is 15.4 Å². The minimum atomic E-state index is -4.87. The highest BCUT2D eigenvalue weighted by Crippen LogP contribution is 2.43. The minimum absolute atomic E-state index is 0.165. The van der Waals surface area contributed by atoms with E-state index in [2.05, 4.69) is 52.5 Å². The Morgan fingerprint density at radius 3 is 2.04 bits per heavy atom. The molecule has 0 bridgehead atoms. The number of hydrogen-bond donors (Lipinski definition) is 5. The van der Waals surface area contributed by atoms with Crippen LogP contribution in [-0.2, 0) is 20.1 Å². The third kappa shape index (κ3) is 10.4. The quantitative estimate of drug-likeness (QED) is 0.0363. The highest BCUT2D eigenvalue weighted by Gasteiger charge is 2.27. The first kappa shape index (κ1) is 40.4. The summed E-state index contributed by atoms with van der Waals surface area (Å²) in [5, 5.41) is 8.24. The first-order valence-electron chi connectivity index (χ1n) is 18.1. The topological polar surface area (TPSA) is 170 Å². The van der Waals surface area contributed by atoms with Crippen molar-refractivity contribution in [1.82, 2.24) is 19.9 Å². The fourth-order valence-electron chi connectivity index (χ4n) is 6.30. The molecule has 51 heavy (non-hydrogen) atoms. The molecule has 0 saturated carbocycles. The Labute approximate surface area is 303 Å². The predicted molar refractivity (Wildman–Crippen MR) is 206 cm³/mol. The van der Waals surface area contributed by atoms with E-state index in [1.54, 1.807) is 0 Å². The Bertz CT molecular complexity index is 2000. The van der Waals surface area contributed by atoms with Gasteiger partial charge < -0.3 is 25.7 Å². The number of anilines is 1. The standard InChI is InChI=1S/C37H54N6O6S2/c1-5-42(6-2)28-13-16-31-34(25-28)49-35-26-29(43(7-3)8-4)14-17-32(35)37(31)33-18-15-30(27-36(33)51(46,47)48)50(44,45)41-24-12-23-40-21-10-9-20-39-22-11-19-38/h13-18,25-27,39-41H,5-12,19-24,38H2,1-4H3/p+1. The molecule has 4 rings (SSSR count). The van der Waals surface area contributed by atoms with Crippen molar-refractivity contribution in [2.45, 2.75) is 63.2 Å². The molecule has 1 aliphatic heterocycles. The molecule has 2 aromatic carbocycles. The summed E-state index contributed by atoms with van der Waals surface area (Å²) in [7, 11) is -8.95. The van der Waals surface area contributed by atoms with Crippen molar-refractivity contribution in [2.75, 3.05) is 70.3 Å². The number of rotatable bonds is 21. The van der Waals surface area contributed by atoms with E-state index in [4.69, 9.17) is 10.2 Å². The van der Waals surface area contributed by atoms with Crippen LogP contribution in [0.2, 0.25) is 0 Å². The molecule has 0 saturated heterocycles. The summed E-state index contributed by atoms with van der Waals surface area (Å²) in [6, 6.07) is 15.4. The summed E-state index contributed by atoms with van der Waals surface area (Å²) < 4.78 is 74.4. The number of nitrogens with zero attached hydrogens (tertiary/aromatic N) is 2. The lowest BCUT2D eigenvalue weighted by atomic mass is 9.93. The van der Waals surface area contributed by atoms with Crippen LogP contribution in [0.1, 0.15) is 53.4 Å². The zero-order valence-corrected chi connectivity index (χ0v) is 32.0. The van der Waals surface area contributed by atoms with Gasteiger partial charge in [0, 0.05) is 59.5 Å². The van der Waals surface area contributed by atoms with Gasteiger partial charge in [0.1, 0.15) is 29.3 Å². The van der Waals surface area contributed by atoms with Crippen LogP contribution < -0.4 is 35.9 Å². The molecule has 6 N–H and O–H groups in total. The van der Waals surface area contributed by atoms with E-state index < -0.39 is 25.0 Å². The normalized spacial score (nSPS) is 12.2. The Hall–Kier alpha value is -3.37. The second-order valence-electron chi connectivity index (χ2n) is 12.4. The number of unbranched alkanes of at least 4 members (excludes halogenated alkanes) is 1. The largest absolute Gasteiger partial charge is 0.456 e. The number of nitrogens with two attached hydrogens (primary N) is 1. The van der Waals surface area contributed by atoms with Crippen LogP contribution in [-0.4, -0.2) is 86.8 Å². The molecule has 0 unspecified atom stereocenters. The molecule has 0 spiro atoms. The van der Waals surface area contributed by atoms with E-state index in [-0.39, 0.29) is 17.0 Å². The summed E-state index contributed by atoms with van der Waals surface area (Å²) in [5.74, 6) is 0.533. The molecule has 14 heteroatoms. The third-order valence-electron chi connectivity index (χ3n) is 9.09. The zero-order chi connectivity index (χ0) is 37.0. The molecule has 0 atom stereocenters. The Kier molecular flexibility index (Phi) is 15.0. The van der Waals surface area contributed by atoms with Crippen LogP contribution in [0.3, 0.4) is 0 Å². The van der Waals surface area contributed by atoms with Gasteiger partial charge in [0.15, 0.2) is 0 Å². The highest BCUT2D eigenvalue weighted by molar-refractivity contribution is 7.89. The average molecular weight is 744 g/mol. The summed E-state index contributed by atoms with van der Waals surface area (Å²) in [6.07, 6.45) is 3.55. The Balaban J connectivity index is 1.67. The van der Waals surface area contributed by atoms with Crippen LogP contribution in [0.5, 0.6) is 0 Å². The Morgan fingerprint density at radius 1 is 0.765 bits per heavy atom. The maximum absolute atomic E-state index is 13.3. The van der Waals surface area contributed by atoms with Crippen LogP contribution in [0.25, 0.3) is 33.4 Å². The number of hydrogen-bond acceptors (Lipinski definition) is 9.